The van der Waals surface area contributed by atoms with E-state index in [4.69, 9.17) is 11.6 Å². The number of esters is 1. The third kappa shape index (κ3) is 3.50. The predicted octanol–water partition coefficient (Wildman–Crippen LogP) is 2.72. The molecular weight excluding hydrogens is 288 g/mol. The summed E-state index contributed by atoms with van der Waals surface area (Å²) in [6.45, 7) is -3.23. The van der Waals surface area contributed by atoms with E-state index in [0.717, 1.165) is 19.2 Å². The third-order valence-electron chi connectivity index (χ3n) is 2.14. The van der Waals surface area contributed by atoms with Crippen LogP contribution in [0.4, 0.5) is 14.5 Å². The molecule has 1 rings (SSSR count). The van der Waals surface area contributed by atoms with Gasteiger partial charge in [-0.1, -0.05) is 0 Å². The number of benzene rings is 1. The number of carbonyl (C=O) groups is 1. The molecule has 0 saturated carbocycles. The Labute approximate surface area is 111 Å². The summed E-state index contributed by atoms with van der Waals surface area (Å²) in [4.78, 5) is 21.4. The van der Waals surface area contributed by atoms with Crippen molar-refractivity contribution < 1.29 is 28.0 Å². The number of nitro benzene ring substituents is 1. The van der Waals surface area contributed by atoms with E-state index >= 15 is 0 Å². The molecule has 104 valence electrons. The summed E-state index contributed by atoms with van der Waals surface area (Å²) < 4.78 is 32.9. The number of nitro groups is 1. The van der Waals surface area contributed by atoms with Crippen LogP contribution in [0.3, 0.4) is 0 Å². The molecule has 0 aliphatic heterocycles. The van der Waals surface area contributed by atoms with Gasteiger partial charge in [0, 0.05) is 5.56 Å². The largest absolute Gasteiger partial charge is 0.465 e. The standard InChI is InChI=1S/C10H8ClF2NO5/c1-18-9(15)6-2-5(4-11)7(14(16)17)3-8(6)19-10(12)13/h2-3,10H,4H2,1H3. The second-order valence-electron chi connectivity index (χ2n) is 3.24. The molecule has 0 fully saturated rings. The molecule has 19 heavy (non-hydrogen) atoms. The maximum Gasteiger partial charge on any atom is 0.387 e. The van der Waals surface area contributed by atoms with E-state index in [1.165, 1.54) is 0 Å². The summed E-state index contributed by atoms with van der Waals surface area (Å²) in [5.74, 6) is -1.87. The van der Waals surface area contributed by atoms with Gasteiger partial charge in [0.1, 0.15) is 11.3 Å². The molecule has 0 aliphatic carbocycles. The minimum absolute atomic E-state index is 0.00585. The molecule has 0 aliphatic rings. The summed E-state index contributed by atoms with van der Waals surface area (Å²) in [5, 5.41) is 10.8. The predicted molar refractivity (Wildman–Crippen MR) is 60.6 cm³/mol. The monoisotopic (exact) mass is 295 g/mol. The van der Waals surface area contributed by atoms with Crippen molar-refractivity contribution in [3.05, 3.63) is 33.4 Å². The van der Waals surface area contributed by atoms with Gasteiger partial charge < -0.3 is 9.47 Å². The van der Waals surface area contributed by atoms with E-state index in [1.807, 2.05) is 0 Å². The van der Waals surface area contributed by atoms with Crippen molar-refractivity contribution in [1.82, 2.24) is 0 Å². The van der Waals surface area contributed by atoms with Crippen molar-refractivity contribution in [3.63, 3.8) is 0 Å². The molecule has 1 aromatic carbocycles. The number of hydrogen-bond donors (Lipinski definition) is 0. The molecular formula is C10H8ClF2NO5. The number of nitrogens with zero attached hydrogens (tertiary/aromatic N) is 1. The molecule has 0 radical (unpaired) electrons. The number of methoxy groups -OCH3 is 1. The highest BCUT2D eigenvalue weighted by Crippen LogP contribution is 2.31. The van der Waals surface area contributed by atoms with Gasteiger partial charge in [-0.15, -0.1) is 11.6 Å². The van der Waals surface area contributed by atoms with Crippen LogP contribution in [-0.2, 0) is 10.6 Å². The Hall–Kier alpha value is -1.96. The van der Waals surface area contributed by atoms with Gasteiger partial charge in [0.2, 0.25) is 0 Å². The van der Waals surface area contributed by atoms with Gasteiger partial charge in [-0.05, 0) is 6.07 Å². The van der Waals surface area contributed by atoms with Crippen LogP contribution in [-0.4, -0.2) is 24.6 Å². The van der Waals surface area contributed by atoms with Gasteiger partial charge in [-0.3, -0.25) is 10.1 Å². The average Bonchev–Trinajstić information content (AvgIpc) is 2.36. The van der Waals surface area contributed by atoms with Crippen LogP contribution < -0.4 is 4.74 Å². The maximum atomic E-state index is 12.2. The SMILES string of the molecule is COC(=O)c1cc(CCl)c([N+](=O)[O-])cc1OC(F)F. The summed E-state index contributed by atoms with van der Waals surface area (Å²) in [7, 11) is 1.04. The van der Waals surface area contributed by atoms with Gasteiger partial charge >= 0.3 is 12.6 Å². The van der Waals surface area contributed by atoms with Gasteiger partial charge in [0.25, 0.3) is 5.69 Å². The second kappa shape index (κ2) is 6.28. The smallest absolute Gasteiger partial charge is 0.387 e. The highest BCUT2D eigenvalue weighted by molar-refractivity contribution is 6.17. The lowest BCUT2D eigenvalue weighted by Gasteiger charge is -2.10. The molecule has 9 heteroatoms. The molecule has 0 spiro atoms. The number of ether oxygens (including phenoxy) is 2. The Balaban J connectivity index is 3.43. The van der Waals surface area contributed by atoms with E-state index in [1.54, 1.807) is 0 Å². The molecule has 0 bridgehead atoms. The number of carbonyl (C=O) groups excluding carboxylic acids is 1. The molecule has 1 aromatic rings. The van der Waals surface area contributed by atoms with Crippen LogP contribution in [0.15, 0.2) is 12.1 Å². The zero-order valence-corrected chi connectivity index (χ0v) is 10.3. The normalized spacial score (nSPS) is 10.4. The zero-order chi connectivity index (χ0) is 14.6. The molecule has 0 atom stereocenters. The Morgan fingerprint density at radius 1 is 1.53 bits per heavy atom. The fourth-order valence-corrected chi connectivity index (χ4v) is 1.57. The lowest BCUT2D eigenvalue weighted by molar-refractivity contribution is -0.385. The van der Waals surface area contributed by atoms with Crippen molar-refractivity contribution in [2.75, 3.05) is 7.11 Å². The summed E-state index contributed by atoms with van der Waals surface area (Å²) in [5.41, 5.74) is -0.879. The van der Waals surface area contributed by atoms with E-state index in [2.05, 4.69) is 9.47 Å². The van der Waals surface area contributed by atoms with Crippen molar-refractivity contribution in [2.45, 2.75) is 12.5 Å². The summed E-state index contributed by atoms with van der Waals surface area (Å²) in [6.07, 6.45) is 0. The Bertz CT molecular complexity index is 509. The molecule has 0 saturated heterocycles. The lowest BCUT2D eigenvalue weighted by Crippen LogP contribution is -2.11. The molecule has 0 unspecified atom stereocenters. The first kappa shape index (κ1) is 15.1. The first-order valence-corrected chi connectivity index (χ1v) is 5.34. The van der Waals surface area contributed by atoms with Gasteiger partial charge in [-0.2, -0.15) is 8.78 Å². The number of hydrogen-bond acceptors (Lipinski definition) is 5. The van der Waals surface area contributed by atoms with Crippen LogP contribution in [0.2, 0.25) is 0 Å². The molecule has 0 heterocycles. The van der Waals surface area contributed by atoms with Crippen LogP contribution >= 0.6 is 11.6 Å². The van der Waals surface area contributed by atoms with Crippen LogP contribution in [0.1, 0.15) is 15.9 Å². The van der Waals surface area contributed by atoms with Crippen molar-refractivity contribution >= 4 is 23.3 Å². The molecule has 6 nitrogen and oxygen atoms in total. The number of rotatable bonds is 5. The minimum Gasteiger partial charge on any atom is -0.465 e. The fraction of sp³-hybridized carbons (Fsp3) is 0.300. The highest BCUT2D eigenvalue weighted by atomic mass is 35.5. The van der Waals surface area contributed by atoms with Crippen LogP contribution in [0.25, 0.3) is 0 Å². The lowest BCUT2D eigenvalue weighted by atomic mass is 10.1. The topological polar surface area (TPSA) is 78.7 Å². The van der Waals surface area contributed by atoms with E-state index < -0.39 is 28.9 Å². The van der Waals surface area contributed by atoms with E-state index in [-0.39, 0.29) is 17.0 Å². The van der Waals surface area contributed by atoms with Crippen LogP contribution in [0.5, 0.6) is 5.75 Å². The summed E-state index contributed by atoms with van der Waals surface area (Å²) >= 11 is 5.51. The highest BCUT2D eigenvalue weighted by Gasteiger charge is 2.24. The number of halogens is 3. The van der Waals surface area contributed by atoms with E-state index in [9.17, 15) is 23.7 Å². The third-order valence-corrected chi connectivity index (χ3v) is 2.43. The fourth-order valence-electron chi connectivity index (χ4n) is 1.35. The second-order valence-corrected chi connectivity index (χ2v) is 3.51. The average molecular weight is 296 g/mol. The Kier molecular flexibility index (Phi) is 4.99. The zero-order valence-electron chi connectivity index (χ0n) is 9.56. The van der Waals surface area contributed by atoms with Gasteiger partial charge in [-0.25, -0.2) is 4.79 Å². The van der Waals surface area contributed by atoms with Gasteiger partial charge in [0.15, 0.2) is 0 Å². The first-order valence-electron chi connectivity index (χ1n) is 4.81. The maximum absolute atomic E-state index is 12.2. The molecule has 0 amide bonds. The summed E-state index contributed by atoms with van der Waals surface area (Å²) in [6, 6.07) is 1.71. The van der Waals surface area contributed by atoms with Crippen molar-refractivity contribution in [2.24, 2.45) is 0 Å². The van der Waals surface area contributed by atoms with Crippen molar-refractivity contribution in [3.8, 4) is 5.75 Å². The Morgan fingerprint density at radius 2 is 2.16 bits per heavy atom. The van der Waals surface area contributed by atoms with E-state index in [0.29, 0.717) is 0 Å². The first-order chi connectivity index (χ1) is 8.90. The van der Waals surface area contributed by atoms with Crippen LogP contribution in [0, 0.1) is 10.1 Å². The minimum atomic E-state index is -3.23. The number of alkyl halides is 3. The van der Waals surface area contributed by atoms with Crippen molar-refractivity contribution in [1.29, 1.82) is 0 Å². The van der Waals surface area contributed by atoms with Gasteiger partial charge in [0.05, 0.1) is 24.0 Å². The Morgan fingerprint density at radius 3 is 2.58 bits per heavy atom. The quantitative estimate of drug-likeness (QED) is 0.361. The molecule has 0 aromatic heterocycles. The molecule has 0 N–H and O–H groups in total.